The molecular formula is C16H32N2O3. The Labute approximate surface area is 128 Å². The topological polar surface area (TPSA) is 73.6 Å². The third-order valence-corrected chi connectivity index (χ3v) is 4.17. The van der Waals surface area contributed by atoms with Crippen molar-refractivity contribution in [3.05, 3.63) is 0 Å². The second kappa shape index (κ2) is 12.0. The summed E-state index contributed by atoms with van der Waals surface area (Å²) in [6, 6.07) is 0. The summed E-state index contributed by atoms with van der Waals surface area (Å²) in [5.74, 6) is 1.08. The number of hydrogen-bond acceptors (Lipinski definition) is 4. The Bertz CT molecular complexity index is 272. The molecular weight excluding hydrogens is 268 g/mol. The van der Waals surface area contributed by atoms with Crippen LogP contribution in [0.2, 0.25) is 0 Å². The van der Waals surface area contributed by atoms with E-state index in [2.05, 4.69) is 5.32 Å². The first-order chi connectivity index (χ1) is 10.3. The van der Waals surface area contributed by atoms with Gasteiger partial charge in [0.25, 0.3) is 0 Å². The van der Waals surface area contributed by atoms with Crippen LogP contribution in [0.1, 0.15) is 44.9 Å². The average molecular weight is 300 g/mol. The lowest BCUT2D eigenvalue weighted by molar-refractivity contribution is -0.126. The minimum Gasteiger partial charge on any atom is -0.382 e. The molecule has 1 fully saturated rings. The van der Waals surface area contributed by atoms with Crippen molar-refractivity contribution in [2.75, 3.05) is 40.0 Å². The van der Waals surface area contributed by atoms with Crippen LogP contribution >= 0.6 is 0 Å². The summed E-state index contributed by atoms with van der Waals surface area (Å²) < 4.78 is 10.3. The summed E-state index contributed by atoms with van der Waals surface area (Å²) in [4.78, 5) is 12.1. The van der Waals surface area contributed by atoms with Crippen LogP contribution in [0.5, 0.6) is 0 Å². The Hall–Kier alpha value is -0.650. The molecule has 124 valence electrons. The van der Waals surface area contributed by atoms with Crippen molar-refractivity contribution in [2.24, 2.45) is 17.6 Å². The highest BCUT2D eigenvalue weighted by Gasteiger charge is 2.26. The van der Waals surface area contributed by atoms with Gasteiger partial charge in [0.1, 0.15) is 0 Å². The van der Waals surface area contributed by atoms with E-state index in [4.69, 9.17) is 15.2 Å². The number of amides is 1. The van der Waals surface area contributed by atoms with E-state index in [0.717, 1.165) is 58.2 Å². The molecule has 1 aliphatic carbocycles. The number of nitrogens with two attached hydrogens (primary N) is 1. The van der Waals surface area contributed by atoms with Crippen molar-refractivity contribution in [2.45, 2.75) is 44.9 Å². The lowest BCUT2D eigenvalue weighted by Gasteiger charge is -2.28. The normalized spacial score (nSPS) is 22.2. The minimum atomic E-state index is 0.202. The molecule has 0 aromatic carbocycles. The van der Waals surface area contributed by atoms with Gasteiger partial charge in [-0.15, -0.1) is 0 Å². The molecule has 0 aliphatic heterocycles. The number of carbonyl (C=O) groups excluding carboxylic acids is 1. The largest absolute Gasteiger partial charge is 0.382 e. The van der Waals surface area contributed by atoms with E-state index in [0.29, 0.717) is 19.1 Å². The van der Waals surface area contributed by atoms with Crippen molar-refractivity contribution in [3.8, 4) is 0 Å². The number of unbranched alkanes of at least 4 members (excludes halogenated alkanes) is 1. The van der Waals surface area contributed by atoms with Gasteiger partial charge in [-0.2, -0.15) is 0 Å². The molecule has 21 heavy (non-hydrogen) atoms. The van der Waals surface area contributed by atoms with Gasteiger partial charge in [0.2, 0.25) is 5.91 Å². The Kier molecular flexibility index (Phi) is 10.5. The van der Waals surface area contributed by atoms with E-state index in [1.54, 1.807) is 7.11 Å². The zero-order valence-corrected chi connectivity index (χ0v) is 13.4. The van der Waals surface area contributed by atoms with Crippen LogP contribution in [-0.4, -0.2) is 45.9 Å². The number of hydrogen-bond donors (Lipinski definition) is 2. The zero-order chi connectivity index (χ0) is 15.3. The van der Waals surface area contributed by atoms with Crippen LogP contribution in [0.3, 0.4) is 0 Å². The molecule has 0 saturated heterocycles. The van der Waals surface area contributed by atoms with E-state index >= 15 is 0 Å². The smallest absolute Gasteiger partial charge is 0.223 e. The fourth-order valence-corrected chi connectivity index (χ4v) is 2.96. The molecule has 1 amide bonds. The monoisotopic (exact) mass is 300 g/mol. The fraction of sp³-hybridized carbons (Fsp3) is 0.938. The lowest BCUT2D eigenvalue weighted by Crippen LogP contribution is -2.34. The van der Waals surface area contributed by atoms with Gasteiger partial charge < -0.3 is 20.5 Å². The Balaban J connectivity index is 2.02. The molecule has 0 bridgehead atoms. The first-order valence-electron chi connectivity index (χ1n) is 8.32. The third-order valence-electron chi connectivity index (χ3n) is 4.17. The van der Waals surface area contributed by atoms with E-state index in [-0.39, 0.29) is 11.8 Å². The number of carbonyl (C=O) groups is 1. The second-order valence-corrected chi connectivity index (χ2v) is 5.91. The third kappa shape index (κ3) is 8.39. The number of rotatable bonds is 11. The molecule has 0 heterocycles. The molecule has 3 N–H and O–H groups in total. The van der Waals surface area contributed by atoms with E-state index in [1.165, 1.54) is 6.42 Å². The Morgan fingerprint density at radius 2 is 2.10 bits per heavy atom. The van der Waals surface area contributed by atoms with Gasteiger partial charge in [0.05, 0.1) is 13.2 Å². The van der Waals surface area contributed by atoms with E-state index < -0.39 is 0 Å². The molecule has 2 atom stereocenters. The molecule has 0 spiro atoms. The highest BCUT2D eigenvalue weighted by molar-refractivity contribution is 5.78. The van der Waals surface area contributed by atoms with Gasteiger partial charge in [-0.1, -0.05) is 12.8 Å². The number of nitrogens with one attached hydrogen (secondary N) is 1. The maximum Gasteiger partial charge on any atom is 0.223 e. The maximum atomic E-state index is 12.1. The average Bonchev–Trinajstić information content (AvgIpc) is 2.50. The molecule has 2 unspecified atom stereocenters. The maximum absolute atomic E-state index is 12.1. The van der Waals surface area contributed by atoms with Crippen LogP contribution in [0.4, 0.5) is 0 Å². The second-order valence-electron chi connectivity index (χ2n) is 5.91. The van der Waals surface area contributed by atoms with Gasteiger partial charge in [-0.05, 0) is 44.6 Å². The van der Waals surface area contributed by atoms with Crippen LogP contribution in [0.15, 0.2) is 0 Å². The molecule has 5 nitrogen and oxygen atoms in total. The molecule has 5 heteroatoms. The van der Waals surface area contributed by atoms with Crippen LogP contribution < -0.4 is 11.1 Å². The SMILES string of the molecule is COCCOCCCCNC(=O)C1CCCC(CCN)C1. The Morgan fingerprint density at radius 3 is 2.86 bits per heavy atom. The van der Waals surface area contributed by atoms with E-state index in [9.17, 15) is 4.79 Å². The molecule has 0 radical (unpaired) electrons. The predicted molar refractivity (Wildman–Crippen MR) is 84.1 cm³/mol. The van der Waals surface area contributed by atoms with Crippen molar-refractivity contribution in [1.29, 1.82) is 0 Å². The van der Waals surface area contributed by atoms with Gasteiger partial charge in [-0.25, -0.2) is 0 Å². The quantitative estimate of drug-likeness (QED) is 0.570. The van der Waals surface area contributed by atoms with Gasteiger partial charge >= 0.3 is 0 Å². The minimum absolute atomic E-state index is 0.202. The summed E-state index contributed by atoms with van der Waals surface area (Å²) in [6.45, 7) is 3.52. The number of ether oxygens (including phenoxy) is 2. The van der Waals surface area contributed by atoms with Crippen LogP contribution in [0.25, 0.3) is 0 Å². The zero-order valence-electron chi connectivity index (χ0n) is 13.4. The standard InChI is InChI=1S/C16H32N2O3/c1-20-11-12-21-10-3-2-9-18-16(19)15-6-4-5-14(13-15)7-8-17/h14-15H,2-13,17H2,1H3,(H,18,19). The summed E-state index contributed by atoms with van der Waals surface area (Å²) >= 11 is 0. The summed E-state index contributed by atoms with van der Waals surface area (Å²) in [5.41, 5.74) is 5.62. The first-order valence-corrected chi connectivity index (χ1v) is 8.32. The first kappa shape index (κ1) is 18.4. The highest BCUT2D eigenvalue weighted by atomic mass is 16.5. The van der Waals surface area contributed by atoms with E-state index in [1.807, 2.05) is 0 Å². The van der Waals surface area contributed by atoms with Crippen molar-refractivity contribution in [3.63, 3.8) is 0 Å². The predicted octanol–water partition coefficient (Wildman–Crippen LogP) is 1.70. The summed E-state index contributed by atoms with van der Waals surface area (Å²) in [7, 11) is 1.67. The highest BCUT2D eigenvalue weighted by Crippen LogP contribution is 2.30. The molecule has 0 aromatic heterocycles. The molecule has 1 rings (SSSR count). The molecule has 1 aliphatic rings. The van der Waals surface area contributed by atoms with Crippen LogP contribution in [-0.2, 0) is 14.3 Å². The van der Waals surface area contributed by atoms with Gasteiger partial charge in [0.15, 0.2) is 0 Å². The van der Waals surface area contributed by atoms with Crippen molar-refractivity contribution < 1.29 is 14.3 Å². The summed E-state index contributed by atoms with van der Waals surface area (Å²) in [6.07, 6.45) is 7.46. The Morgan fingerprint density at radius 1 is 1.24 bits per heavy atom. The van der Waals surface area contributed by atoms with Gasteiger partial charge in [0, 0.05) is 26.2 Å². The molecule has 0 aromatic rings. The molecule has 1 saturated carbocycles. The van der Waals surface area contributed by atoms with Crippen LogP contribution in [0, 0.1) is 11.8 Å². The fourth-order valence-electron chi connectivity index (χ4n) is 2.96. The van der Waals surface area contributed by atoms with Crippen molar-refractivity contribution in [1.82, 2.24) is 5.32 Å². The summed E-state index contributed by atoms with van der Waals surface area (Å²) in [5, 5.41) is 3.07. The van der Waals surface area contributed by atoms with Crippen molar-refractivity contribution >= 4 is 5.91 Å². The number of methoxy groups -OCH3 is 1. The lowest BCUT2D eigenvalue weighted by atomic mass is 9.79. The van der Waals surface area contributed by atoms with Gasteiger partial charge in [-0.3, -0.25) is 4.79 Å².